The van der Waals surface area contributed by atoms with E-state index in [0.717, 1.165) is 26.7 Å². The number of alkyl carbamates (subject to hydrolysis) is 1. The zero-order valence-electron chi connectivity index (χ0n) is 18.2. The molecule has 0 saturated carbocycles. The summed E-state index contributed by atoms with van der Waals surface area (Å²) in [5.41, 5.74) is 4.89. The number of halogens is 1. The summed E-state index contributed by atoms with van der Waals surface area (Å²) >= 11 is 3.34. The van der Waals surface area contributed by atoms with E-state index in [1.54, 1.807) is 18.2 Å². The first-order valence-corrected chi connectivity index (χ1v) is 11.6. The van der Waals surface area contributed by atoms with Crippen molar-refractivity contribution in [1.29, 1.82) is 0 Å². The second kappa shape index (κ2) is 10.5. The Labute approximate surface area is 205 Å². The fourth-order valence-electron chi connectivity index (χ4n) is 4.11. The number of carbonyl (C=O) groups excluding carboxylic acids is 2. The number of rotatable bonds is 8. The van der Waals surface area contributed by atoms with Gasteiger partial charge in [-0.15, -0.1) is 0 Å². The molecule has 3 N–H and O–H groups in total. The maximum atomic E-state index is 12.8. The van der Waals surface area contributed by atoms with Gasteiger partial charge in [-0.05, 0) is 46.9 Å². The Morgan fingerprint density at radius 2 is 1.59 bits per heavy atom. The Morgan fingerprint density at radius 1 is 0.941 bits per heavy atom. The maximum absolute atomic E-state index is 12.8. The van der Waals surface area contributed by atoms with Gasteiger partial charge in [-0.1, -0.05) is 70.5 Å². The fraction of sp³-hybridized carbons (Fsp3) is 0.192. The molecule has 1 unspecified atom stereocenters. The van der Waals surface area contributed by atoms with E-state index in [2.05, 4.69) is 26.6 Å². The first-order valence-electron chi connectivity index (χ1n) is 10.8. The average Bonchev–Trinajstić information content (AvgIpc) is 3.14. The minimum absolute atomic E-state index is 0.0701. The molecule has 0 bridgehead atoms. The number of ether oxygens (including phenoxy) is 1. The highest BCUT2D eigenvalue weighted by molar-refractivity contribution is 9.10. The van der Waals surface area contributed by atoms with Crippen LogP contribution in [0, 0.1) is 0 Å². The number of nitrogens with one attached hydrogen (secondary N) is 2. The lowest BCUT2D eigenvalue weighted by Gasteiger charge is -2.19. The van der Waals surface area contributed by atoms with Crippen molar-refractivity contribution in [3.63, 3.8) is 0 Å². The Bertz CT molecular complexity index is 1180. The molecule has 0 aliphatic heterocycles. The van der Waals surface area contributed by atoms with E-state index in [1.807, 2.05) is 54.6 Å². The van der Waals surface area contributed by atoms with Gasteiger partial charge in [0, 0.05) is 22.5 Å². The molecule has 1 aliphatic carbocycles. The zero-order chi connectivity index (χ0) is 24.1. The second-order valence-electron chi connectivity index (χ2n) is 7.95. The minimum atomic E-state index is -1.06. The molecule has 174 valence electrons. The van der Waals surface area contributed by atoms with Crippen LogP contribution in [0.15, 0.2) is 77.3 Å². The molecule has 0 radical (unpaired) electrons. The van der Waals surface area contributed by atoms with Crippen molar-refractivity contribution in [3.8, 4) is 11.1 Å². The molecule has 1 atom stereocenters. The Kier molecular flexibility index (Phi) is 7.27. The molecule has 3 aromatic rings. The van der Waals surface area contributed by atoms with Gasteiger partial charge >= 0.3 is 12.1 Å². The number of hydrogen-bond donors (Lipinski definition) is 3. The van der Waals surface area contributed by atoms with E-state index in [1.165, 1.54) is 0 Å². The van der Waals surface area contributed by atoms with Gasteiger partial charge in [0.1, 0.15) is 12.6 Å². The van der Waals surface area contributed by atoms with Crippen LogP contribution in [0.3, 0.4) is 0 Å². The summed E-state index contributed by atoms with van der Waals surface area (Å²) in [6.45, 7) is 0.0960. The van der Waals surface area contributed by atoms with E-state index < -0.39 is 24.0 Å². The van der Waals surface area contributed by atoms with Crippen LogP contribution in [-0.2, 0) is 14.3 Å². The summed E-state index contributed by atoms with van der Waals surface area (Å²) in [6.07, 6.45) is -1.12. The molecule has 0 spiro atoms. The number of amides is 2. The predicted octanol–water partition coefficient (Wildman–Crippen LogP) is 5.16. The lowest BCUT2D eigenvalue weighted by molar-refractivity contribution is -0.137. The Morgan fingerprint density at radius 3 is 2.21 bits per heavy atom. The van der Waals surface area contributed by atoms with E-state index in [4.69, 9.17) is 9.84 Å². The normalized spacial score (nSPS) is 12.9. The number of fused-ring (bicyclic) bond motifs is 3. The van der Waals surface area contributed by atoms with Crippen molar-refractivity contribution in [2.24, 2.45) is 0 Å². The van der Waals surface area contributed by atoms with Crippen LogP contribution < -0.4 is 10.6 Å². The summed E-state index contributed by atoms with van der Waals surface area (Å²) in [5.74, 6) is -1.70. The molecule has 2 amide bonds. The van der Waals surface area contributed by atoms with Gasteiger partial charge < -0.3 is 20.5 Å². The zero-order valence-corrected chi connectivity index (χ0v) is 19.7. The van der Waals surface area contributed by atoms with E-state index in [-0.39, 0.29) is 25.4 Å². The van der Waals surface area contributed by atoms with Crippen LogP contribution in [0.25, 0.3) is 11.1 Å². The predicted molar refractivity (Wildman–Crippen MR) is 132 cm³/mol. The highest BCUT2D eigenvalue weighted by Gasteiger charge is 2.30. The van der Waals surface area contributed by atoms with Gasteiger partial charge in [-0.25, -0.2) is 4.79 Å². The largest absolute Gasteiger partial charge is 0.481 e. The maximum Gasteiger partial charge on any atom is 0.407 e. The van der Waals surface area contributed by atoms with Crippen LogP contribution in [0.2, 0.25) is 0 Å². The summed E-state index contributed by atoms with van der Waals surface area (Å²) in [4.78, 5) is 36.5. The quantitative estimate of drug-likeness (QED) is 0.379. The van der Waals surface area contributed by atoms with E-state index in [0.29, 0.717) is 5.69 Å². The van der Waals surface area contributed by atoms with Crippen molar-refractivity contribution in [1.82, 2.24) is 5.32 Å². The summed E-state index contributed by atoms with van der Waals surface area (Å²) in [6, 6.07) is 21.9. The summed E-state index contributed by atoms with van der Waals surface area (Å²) < 4.78 is 6.29. The SMILES string of the molecule is O=C(O)CCC(NC(=O)OCC1c2ccccc2-c2ccccc21)C(=O)Nc1cccc(Br)c1. The molecule has 7 nitrogen and oxygen atoms in total. The highest BCUT2D eigenvalue weighted by atomic mass is 79.9. The number of carboxylic acids is 1. The van der Waals surface area contributed by atoms with Gasteiger partial charge in [0.2, 0.25) is 5.91 Å². The van der Waals surface area contributed by atoms with E-state index >= 15 is 0 Å². The van der Waals surface area contributed by atoms with Crippen LogP contribution in [-0.4, -0.2) is 35.7 Å². The van der Waals surface area contributed by atoms with Crippen molar-refractivity contribution in [2.45, 2.75) is 24.8 Å². The van der Waals surface area contributed by atoms with E-state index in [9.17, 15) is 14.4 Å². The van der Waals surface area contributed by atoms with Crippen LogP contribution in [0.4, 0.5) is 10.5 Å². The highest BCUT2D eigenvalue weighted by Crippen LogP contribution is 2.44. The van der Waals surface area contributed by atoms with Gasteiger partial charge in [0.25, 0.3) is 0 Å². The third kappa shape index (κ3) is 5.46. The van der Waals surface area contributed by atoms with Gasteiger partial charge in [-0.2, -0.15) is 0 Å². The Hall–Kier alpha value is -3.65. The number of carboxylic acid groups (broad SMARTS) is 1. The molecular weight excluding hydrogens is 500 g/mol. The molecule has 0 fully saturated rings. The van der Waals surface area contributed by atoms with Gasteiger partial charge in [0.05, 0.1) is 0 Å². The van der Waals surface area contributed by atoms with Crippen LogP contribution >= 0.6 is 15.9 Å². The lowest BCUT2D eigenvalue weighted by Crippen LogP contribution is -2.44. The molecule has 0 saturated heterocycles. The number of benzene rings is 3. The van der Waals surface area contributed by atoms with Crippen molar-refractivity contribution in [2.75, 3.05) is 11.9 Å². The number of carbonyl (C=O) groups is 3. The average molecular weight is 523 g/mol. The summed E-state index contributed by atoms with van der Waals surface area (Å²) in [7, 11) is 0. The van der Waals surface area contributed by atoms with Crippen molar-refractivity contribution < 1.29 is 24.2 Å². The number of hydrogen-bond acceptors (Lipinski definition) is 4. The molecule has 34 heavy (non-hydrogen) atoms. The van der Waals surface area contributed by atoms with Gasteiger partial charge in [0.15, 0.2) is 0 Å². The first kappa shape index (κ1) is 23.5. The topological polar surface area (TPSA) is 105 Å². The molecule has 0 heterocycles. The van der Waals surface area contributed by atoms with Crippen molar-refractivity contribution >= 4 is 39.6 Å². The van der Waals surface area contributed by atoms with Crippen LogP contribution in [0.5, 0.6) is 0 Å². The summed E-state index contributed by atoms with van der Waals surface area (Å²) in [5, 5.41) is 14.3. The monoisotopic (exact) mass is 522 g/mol. The third-order valence-electron chi connectivity index (χ3n) is 5.69. The molecule has 4 rings (SSSR count). The first-order chi connectivity index (χ1) is 16.4. The lowest BCUT2D eigenvalue weighted by atomic mass is 9.98. The van der Waals surface area contributed by atoms with Gasteiger partial charge in [-0.3, -0.25) is 9.59 Å². The number of aliphatic carboxylic acids is 1. The molecule has 0 aromatic heterocycles. The molecule has 8 heteroatoms. The smallest absolute Gasteiger partial charge is 0.407 e. The fourth-order valence-corrected chi connectivity index (χ4v) is 4.51. The second-order valence-corrected chi connectivity index (χ2v) is 8.87. The molecule has 1 aliphatic rings. The standard InChI is InChI=1S/C26H23BrN2O5/c27-16-6-5-7-17(14-16)28-25(32)23(12-13-24(30)31)29-26(33)34-15-22-20-10-3-1-8-18(20)19-9-2-4-11-21(19)22/h1-11,14,22-23H,12-13,15H2,(H,28,32)(H,29,33)(H,30,31). The number of anilines is 1. The van der Waals surface area contributed by atoms with Crippen LogP contribution in [0.1, 0.15) is 29.9 Å². The third-order valence-corrected chi connectivity index (χ3v) is 6.18. The Balaban J connectivity index is 1.43. The molecular formula is C26H23BrN2O5. The van der Waals surface area contributed by atoms with Crippen molar-refractivity contribution in [3.05, 3.63) is 88.4 Å². The minimum Gasteiger partial charge on any atom is -0.481 e. The molecule has 3 aromatic carbocycles.